The first-order chi connectivity index (χ1) is 64.5. The molecule has 0 atom stereocenters. The number of rotatable bonds is 6. The van der Waals surface area contributed by atoms with Gasteiger partial charge in [-0.15, -0.1) is 0 Å². The molecule has 0 radical (unpaired) electrons. The molecule has 12 rings (SSSR count). The maximum absolute atomic E-state index is 13.6. The molecule has 12 nitrogen and oxygen atoms in total. The Hall–Kier alpha value is -12.3. The topological polar surface area (TPSA) is 236 Å². The van der Waals surface area contributed by atoms with Gasteiger partial charge >= 0.3 is 24.7 Å². The van der Waals surface area contributed by atoms with Crippen molar-refractivity contribution in [2.24, 2.45) is 10.8 Å². The number of alkyl halides is 12. The average Bonchev–Trinajstić information content (AvgIpc) is 0.869. The summed E-state index contributed by atoms with van der Waals surface area (Å²) >= 11 is 0. The monoisotopic (exact) mass is 1970 g/mol. The van der Waals surface area contributed by atoms with Crippen molar-refractivity contribution in [3.8, 4) is 57.5 Å². The summed E-state index contributed by atoms with van der Waals surface area (Å²) in [6.07, 6.45) is -15.6. The van der Waals surface area contributed by atoms with E-state index < -0.39 is 50.9 Å². The quantitative estimate of drug-likeness (QED) is 0.0700. The van der Waals surface area contributed by atoms with E-state index in [0.717, 1.165) is 55.5 Å². The maximum Gasteiger partial charge on any atom is 0.416 e. The molecule has 25 heteroatoms. The number of sulfone groups is 1. The van der Waals surface area contributed by atoms with Gasteiger partial charge in [0.25, 0.3) is 0 Å². The standard InChI is InChI=1S/C35H37F3O2.8C6H6O.C5H6F6.C5H9F3.C2H6O2S.9C2H6/c1-19-8-28(15-26-12-21(3)24(6)22(4)13-26)33(39)30(10-19)18-31-11-20(2)9-29(34(31)40)16-27-14-23(5)25(7)32(17-27)35(36,37)38;8*7-6-4-2-1-3-5-6;1-3(2,4(6,7)8)5(9,10)11;1-4(2,3)5(6,7)8;1-5(2,3)4;9*1-2/h8-14,17,39-40H,15-16,18H2,1-7H3;8*1-5,7H;1-2H3;1-3H3;1-2H3;9*1-2H3. The summed E-state index contributed by atoms with van der Waals surface area (Å²) in [6.45, 7) is 53.0. The molecule has 138 heavy (non-hydrogen) atoms. The summed E-state index contributed by atoms with van der Waals surface area (Å²) in [7, 11) is -2.67. The maximum atomic E-state index is 13.6. The Kier molecular flexibility index (Phi) is 85.2. The molecule has 0 aromatic heterocycles. The van der Waals surface area contributed by atoms with Gasteiger partial charge in [0.2, 0.25) is 0 Å². The minimum Gasteiger partial charge on any atom is -0.508 e. The molecule has 774 valence electrons. The van der Waals surface area contributed by atoms with Crippen LogP contribution >= 0.6 is 0 Å². The zero-order chi connectivity index (χ0) is 109. The number of aromatic hydroxyl groups is 10. The molecule has 0 amide bonds. The second-order valence-electron chi connectivity index (χ2n) is 28.5. The fraction of sp³-hybridized carbons (Fsp3) is 0.363. The summed E-state index contributed by atoms with van der Waals surface area (Å²) in [4.78, 5) is 0. The summed E-state index contributed by atoms with van der Waals surface area (Å²) < 4.78 is 164. The third kappa shape index (κ3) is 72.2. The van der Waals surface area contributed by atoms with Gasteiger partial charge in [-0.1, -0.05) is 345 Å². The highest BCUT2D eigenvalue weighted by atomic mass is 32.2. The Morgan fingerprint density at radius 3 is 0.522 bits per heavy atom. The van der Waals surface area contributed by atoms with Gasteiger partial charge in [-0.3, -0.25) is 0 Å². The number of hydrogen-bond acceptors (Lipinski definition) is 12. The van der Waals surface area contributed by atoms with Crippen LogP contribution in [-0.4, -0.2) is 90.5 Å². The first-order valence-corrected chi connectivity index (χ1v) is 48.0. The van der Waals surface area contributed by atoms with Gasteiger partial charge in [0, 0.05) is 31.8 Å². The zero-order valence-corrected chi connectivity index (χ0v) is 87.9. The largest absolute Gasteiger partial charge is 0.508 e. The van der Waals surface area contributed by atoms with Crippen molar-refractivity contribution < 1.29 is 112 Å². The SMILES string of the molecule is CC.CC.CC.CC.CC.CC.CC.CC.CC.CC(C)(C(F)(F)F)C(F)(F)F.CC(C)(C)C(F)(F)F.CS(C)(=O)=O.Cc1cc(Cc2cc(C)c(C)c(C)c2)c(O)c(Cc2cc(C)cc(Cc3cc(C)c(C)c(C(F)(F)F)c3)c2O)c1.Oc1ccccc1.Oc1ccccc1.Oc1ccccc1.Oc1ccccc1.Oc1ccccc1.Oc1ccccc1.Oc1ccccc1.Oc1ccccc1. The van der Waals surface area contributed by atoms with Crippen LogP contribution in [0.5, 0.6) is 57.5 Å². The molecule has 0 saturated heterocycles. The van der Waals surface area contributed by atoms with Crippen LogP contribution in [0.4, 0.5) is 52.7 Å². The van der Waals surface area contributed by atoms with E-state index in [1.54, 1.807) is 207 Å². The van der Waals surface area contributed by atoms with Crippen molar-refractivity contribution >= 4 is 9.84 Å². The van der Waals surface area contributed by atoms with Crippen LogP contribution in [0.3, 0.4) is 0 Å². The molecule has 0 aliphatic heterocycles. The number of aryl methyl sites for hydroxylation is 5. The zero-order valence-electron chi connectivity index (χ0n) is 87.1. The molecule has 12 aromatic rings. The van der Waals surface area contributed by atoms with Gasteiger partial charge in [0.1, 0.15) is 67.3 Å². The highest BCUT2D eigenvalue weighted by molar-refractivity contribution is 7.89. The summed E-state index contributed by atoms with van der Waals surface area (Å²) in [6, 6.07) is 84.5. The highest BCUT2D eigenvalue weighted by Crippen LogP contribution is 2.49. The third-order valence-electron chi connectivity index (χ3n) is 16.3. The average molecular weight is 1970 g/mol. The lowest BCUT2D eigenvalue weighted by molar-refractivity contribution is -0.327. The predicted octanol–water partition coefficient (Wildman–Crippen LogP) is 34.8. The minimum absolute atomic E-state index is 0.0460. The molecular weight excluding hydrogens is 1810 g/mol. The van der Waals surface area contributed by atoms with Crippen molar-refractivity contribution in [2.45, 2.75) is 252 Å². The summed E-state index contributed by atoms with van der Waals surface area (Å²) in [5.74, 6) is 2.82. The van der Waals surface area contributed by atoms with Gasteiger partial charge in [-0.05, 0) is 227 Å². The van der Waals surface area contributed by atoms with E-state index in [1.165, 1.54) is 29.7 Å². The molecule has 0 spiro atoms. The van der Waals surface area contributed by atoms with Crippen LogP contribution < -0.4 is 0 Å². The van der Waals surface area contributed by atoms with E-state index in [0.29, 0.717) is 86.7 Å². The Bertz CT molecular complexity index is 4460. The molecule has 0 aliphatic rings. The van der Waals surface area contributed by atoms with Crippen molar-refractivity contribution in [1.29, 1.82) is 0 Å². The molecule has 10 N–H and O–H groups in total. The fourth-order valence-corrected chi connectivity index (χ4v) is 9.20. The summed E-state index contributed by atoms with van der Waals surface area (Å²) in [5, 5.41) is 91.6. The van der Waals surface area contributed by atoms with Crippen LogP contribution in [0.25, 0.3) is 0 Å². The van der Waals surface area contributed by atoms with Crippen molar-refractivity contribution in [2.75, 3.05) is 12.5 Å². The van der Waals surface area contributed by atoms with Crippen LogP contribution in [0.2, 0.25) is 0 Å². The Morgan fingerprint density at radius 1 is 0.239 bits per heavy atom. The molecule has 0 fully saturated rings. The number of halogens is 12. The van der Waals surface area contributed by atoms with E-state index in [9.17, 15) is 71.3 Å². The smallest absolute Gasteiger partial charge is 0.416 e. The van der Waals surface area contributed by atoms with Gasteiger partial charge in [-0.2, -0.15) is 52.7 Å². The molecule has 12 aromatic carbocycles. The molecule has 0 bridgehead atoms. The van der Waals surface area contributed by atoms with Crippen molar-refractivity contribution in [3.63, 3.8) is 0 Å². The van der Waals surface area contributed by atoms with Crippen LogP contribution in [-0.2, 0) is 35.3 Å². The lowest BCUT2D eigenvalue weighted by Gasteiger charge is -2.29. The Labute approximate surface area is 819 Å². The van der Waals surface area contributed by atoms with E-state index in [1.807, 2.05) is 211 Å². The molecular formula is C113H160F12O12S. The minimum atomic E-state index is -5.24. The number of phenols is 10. The number of para-hydroxylation sites is 8. The second-order valence-corrected chi connectivity index (χ2v) is 30.8. The summed E-state index contributed by atoms with van der Waals surface area (Å²) in [5.41, 5.74) is 4.85. The third-order valence-corrected chi connectivity index (χ3v) is 16.3. The normalized spacial score (nSPS) is 9.74. The lowest BCUT2D eigenvalue weighted by Crippen LogP contribution is -2.44. The highest BCUT2D eigenvalue weighted by Gasteiger charge is 2.64. The predicted molar refractivity (Wildman–Crippen MR) is 555 cm³/mol. The van der Waals surface area contributed by atoms with Crippen LogP contribution in [0, 0.1) is 59.3 Å². The van der Waals surface area contributed by atoms with Crippen LogP contribution in [0.15, 0.2) is 291 Å². The Balaban J connectivity index is -0.000000202. The second kappa shape index (κ2) is 81.9. The van der Waals surface area contributed by atoms with Crippen LogP contribution in [0.1, 0.15) is 237 Å². The first kappa shape index (κ1) is 144. The van der Waals surface area contributed by atoms with E-state index >= 15 is 0 Å². The molecule has 0 unspecified atom stereocenters. The van der Waals surface area contributed by atoms with E-state index in [2.05, 4.69) is 32.9 Å². The Morgan fingerprint density at radius 2 is 0.391 bits per heavy atom. The molecule has 0 saturated carbocycles. The number of hydrogen-bond donors (Lipinski definition) is 10. The lowest BCUT2D eigenvalue weighted by atomic mass is 9.90. The number of phenolic OH excluding ortho intramolecular Hbond substituents is 10. The fourth-order valence-electron chi connectivity index (χ4n) is 9.20. The molecule has 0 heterocycles. The first-order valence-electron chi connectivity index (χ1n) is 45.7. The molecule has 0 aliphatic carbocycles. The van der Waals surface area contributed by atoms with Gasteiger partial charge in [-0.25, -0.2) is 8.42 Å². The van der Waals surface area contributed by atoms with E-state index in [-0.39, 0.29) is 37.3 Å². The van der Waals surface area contributed by atoms with Crippen molar-refractivity contribution in [3.05, 3.63) is 369 Å². The van der Waals surface area contributed by atoms with E-state index in [4.69, 9.17) is 40.9 Å². The number of benzene rings is 12. The van der Waals surface area contributed by atoms with Gasteiger partial charge in [0.15, 0.2) is 5.41 Å². The van der Waals surface area contributed by atoms with Crippen molar-refractivity contribution in [1.82, 2.24) is 0 Å². The van der Waals surface area contributed by atoms with Gasteiger partial charge < -0.3 is 51.1 Å². The van der Waals surface area contributed by atoms with Gasteiger partial charge in [0.05, 0.1) is 11.0 Å².